The Kier molecular flexibility index (Phi) is 7.52. The van der Waals surface area contributed by atoms with Crippen molar-refractivity contribution in [1.82, 2.24) is 28.0 Å². The second-order valence-electron chi connectivity index (χ2n) is 12.4. The molecule has 4 aliphatic rings. The molecule has 1 aromatic carbocycles. The Balaban J connectivity index is 1.06. The molecule has 2 aromatic rings. The molecule has 1 atom stereocenters. The fourth-order valence-electron chi connectivity index (χ4n) is 7.03. The number of rotatable bonds is 6. The molecule has 4 aliphatic heterocycles. The normalized spacial score (nSPS) is 24.2. The van der Waals surface area contributed by atoms with Crippen molar-refractivity contribution >= 4 is 39.0 Å². The summed E-state index contributed by atoms with van der Waals surface area (Å²) in [5.41, 5.74) is 7.67. The van der Waals surface area contributed by atoms with E-state index in [0.717, 1.165) is 18.4 Å². The van der Waals surface area contributed by atoms with Gasteiger partial charge in [-0.15, -0.1) is 0 Å². The SMILES string of the molecule is Cn1c(=O)n(C2CCC(=O)NC2=O)c2cccc(CCC(=O)N3CCC4(CC3)CN(S(=O)(=O)N3CCC(N)CC3)C4)c21. The average Bonchev–Trinajstić information content (AvgIpc) is 3.20. The van der Waals surface area contributed by atoms with Crippen LogP contribution in [0.2, 0.25) is 0 Å². The number of benzene rings is 1. The van der Waals surface area contributed by atoms with Gasteiger partial charge in [-0.2, -0.15) is 17.0 Å². The van der Waals surface area contributed by atoms with Crippen LogP contribution in [0, 0.1) is 5.41 Å². The first kappa shape index (κ1) is 29.0. The van der Waals surface area contributed by atoms with Crippen molar-refractivity contribution in [2.24, 2.45) is 18.2 Å². The van der Waals surface area contributed by atoms with Gasteiger partial charge >= 0.3 is 5.69 Å². The van der Waals surface area contributed by atoms with Crippen LogP contribution in [0.25, 0.3) is 11.0 Å². The predicted octanol–water partition coefficient (Wildman–Crippen LogP) is -0.157. The number of aromatic nitrogens is 2. The molecule has 14 heteroatoms. The van der Waals surface area contributed by atoms with Crippen molar-refractivity contribution in [2.45, 2.75) is 63.5 Å². The Bertz CT molecular complexity index is 1570. The van der Waals surface area contributed by atoms with Gasteiger partial charge in [0.25, 0.3) is 10.2 Å². The monoisotopic (exact) mass is 601 g/mol. The molecular formula is C28H39N7O6S. The van der Waals surface area contributed by atoms with E-state index in [2.05, 4.69) is 5.32 Å². The second-order valence-corrected chi connectivity index (χ2v) is 14.3. The van der Waals surface area contributed by atoms with Crippen LogP contribution < -0.4 is 16.7 Å². The summed E-state index contributed by atoms with van der Waals surface area (Å²) in [6, 6.07) is 4.82. The Hall–Kier alpha value is -3.07. The molecule has 1 unspecified atom stereocenters. The third kappa shape index (κ3) is 5.07. The molecule has 0 saturated carbocycles. The summed E-state index contributed by atoms with van der Waals surface area (Å²) in [7, 11) is -1.80. The van der Waals surface area contributed by atoms with Crippen molar-refractivity contribution in [3.63, 3.8) is 0 Å². The Morgan fingerprint density at radius 2 is 1.71 bits per heavy atom. The van der Waals surface area contributed by atoms with Gasteiger partial charge in [0, 0.05) is 70.6 Å². The number of nitrogens with zero attached hydrogens (tertiary/aromatic N) is 5. The van der Waals surface area contributed by atoms with Crippen LogP contribution in [0.1, 0.15) is 56.6 Å². The molecule has 13 nitrogen and oxygen atoms in total. The maximum Gasteiger partial charge on any atom is 0.329 e. The van der Waals surface area contributed by atoms with Crippen LogP contribution in [-0.4, -0.2) is 94.1 Å². The lowest BCUT2D eigenvalue weighted by atomic mass is 9.73. The molecule has 4 saturated heterocycles. The molecule has 0 aliphatic carbocycles. The molecular weight excluding hydrogens is 562 g/mol. The predicted molar refractivity (Wildman–Crippen MR) is 154 cm³/mol. The quantitative estimate of drug-likeness (QED) is 0.435. The lowest BCUT2D eigenvalue weighted by Gasteiger charge is -2.54. The zero-order chi connectivity index (χ0) is 29.8. The first-order valence-corrected chi connectivity index (χ1v) is 16.2. The van der Waals surface area contributed by atoms with Gasteiger partial charge in [0.1, 0.15) is 6.04 Å². The van der Waals surface area contributed by atoms with Crippen LogP contribution in [0.15, 0.2) is 23.0 Å². The van der Waals surface area contributed by atoms with E-state index in [0.29, 0.717) is 69.6 Å². The fourth-order valence-corrected chi connectivity index (χ4v) is 8.91. The van der Waals surface area contributed by atoms with Gasteiger partial charge in [0.15, 0.2) is 0 Å². The molecule has 6 rings (SSSR count). The zero-order valence-corrected chi connectivity index (χ0v) is 24.8. The molecule has 228 valence electrons. The third-order valence-electron chi connectivity index (χ3n) is 9.67. The second kappa shape index (κ2) is 10.9. The van der Waals surface area contributed by atoms with E-state index in [-0.39, 0.29) is 48.2 Å². The van der Waals surface area contributed by atoms with E-state index in [1.54, 1.807) is 21.7 Å². The molecule has 0 radical (unpaired) electrons. The van der Waals surface area contributed by atoms with E-state index in [4.69, 9.17) is 5.73 Å². The Morgan fingerprint density at radius 1 is 1.02 bits per heavy atom. The number of amides is 3. The van der Waals surface area contributed by atoms with Gasteiger partial charge in [-0.25, -0.2) is 4.79 Å². The molecule has 5 heterocycles. The summed E-state index contributed by atoms with van der Waals surface area (Å²) in [5, 5.41) is 2.32. The number of carbonyl (C=O) groups excluding carboxylic acids is 3. The molecule has 4 fully saturated rings. The first-order valence-electron chi connectivity index (χ1n) is 14.8. The number of imide groups is 1. The molecule has 1 spiro atoms. The number of carbonyl (C=O) groups is 3. The van der Waals surface area contributed by atoms with Crippen molar-refractivity contribution in [1.29, 1.82) is 0 Å². The van der Waals surface area contributed by atoms with E-state index in [1.807, 2.05) is 17.0 Å². The van der Waals surface area contributed by atoms with Crippen LogP contribution >= 0.6 is 0 Å². The highest BCUT2D eigenvalue weighted by molar-refractivity contribution is 7.86. The van der Waals surface area contributed by atoms with Gasteiger partial charge in [0.2, 0.25) is 17.7 Å². The summed E-state index contributed by atoms with van der Waals surface area (Å²) in [6.45, 7) is 3.14. The first-order chi connectivity index (χ1) is 20.0. The maximum absolute atomic E-state index is 13.2. The van der Waals surface area contributed by atoms with Crippen LogP contribution in [0.5, 0.6) is 0 Å². The minimum atomic E-state index is -3.46. The lowest BCUT2D eigenvalue weighted by Crippen LogP contribution is -2.64. The largest absolute Gasteiger partial charge is 0.343 e. The summed E-state index contributed by atoms with van der Waals surface area (Å²) in [5.74, 6) is -0.785. The number of imidazole rings is 1. The number of hydrogen-bond donors (Lipinski definition) is 2. The molecule has 1 aromatic heterocycles. The molecule has 3 N–H and O–H groups in total. The standard InChI is InChI=1S/C28H39N7O6S/c1-31-25-19(3-2-4-21(25)35(27(31)39)22-6-7-23(36)30-26(22)38)5-8-24(37)32-15-11-28(12-16-32)17-34(18-28)42(40,41)33-13-9-20(29)10-14-33/h2-4,20,22H,5-18,29H2,1H3,(H,30,36,38). The van der Waals surface area contributed by atoms with Gasteiger partial charge in [-0.3, -0.25) is 28.8 Å². The summed E-state index contributed by atoms with van der Waals surface area (Å²) >= 11 is 0. The number of nitrogens with two attached hydrogens (primary N) is 1. The van der Waals surface area contributed by atoms with E-state index in [9.17, 15) is 27.6 Å². The number of para-hydroxylation sites is 1. The summed E-state index contributed by atoms with van der Waals surface area (Å²) < 4.78 is 32.2. The number of aryl methyl sites for hydroxylation is 2. The molecule has 3 amide bonds. The lowest BCUT2D eigenvalue weighted by molar-refractivity contribution is -0.136. The minimum Gasteiger partial charge on any atom is -0.343 e. The number of likely N-dealkylation sites (tertiary alicyclic amines) is 1. The highest BCUT2D eigenvalue weighted by Crippen LogP contribution is 2.42. The van der Waals surface area contributed by atoms with Crippen molar-refractivity contribution in [3.8, 4) is 0 Å². The number of hydrogen-bond acceptors (Lipinski definition) is 7. The van der Waals surface area contributed by atoms with E-state index < -0.39 is 22.2 Å². The number of fused-ring (bicyclic) bond motifs is 1. The molecule has 42 heavy (non-hydrogen) atoms. The van der Waals surface area contributed by atoms with Crippen molar-refractivity contribution < 1.29 is 22.8 Å². The van der Waals surface area contributed by atoms with Crippen LogP contribution in [0.3, 0.4) is 0 Å². The van der Waals surface area contributed by atoms with Crippen LogP contribution in [0.4, 0.5) is 0 Å². The van der Waals surface area contributed by atoms with E-state index >= 15 is 0 Å². The number of nitrogens with one attached hydrogen (secondary N) is 1. The summed E-state index contributed by atoms with van der Waals surface area (Å²) in [6.07, 6.45) is 4.07. The van der Waals surface area contributed by atoms with Gasteiger partial charge in [0.05, 0.1) is 11.0 Å². The van der Waals surface area contributed by atoms with E-state index in [1.165, 1.54) is 9.13 Å². The van der Waals surface area contributed by atoms with Gasteiger partial charge in [-0.05, 0) is 50.2 Å². The third-order valence-corrected chi connectivity index (χ3v) is 11.6. The smallest absolute Gasteiger partial charge is 0.329 e. The highest BCUT2D eigenvalue weighted by Gasteiger charge is 2.51. The summed E-state index contributed by atoms with van der Waals surface area (Å²) in [4.78, 5) is 52.4. The van der Waals surface area contributed by atoms with Crippen LogP contribution in [-0.2, 0) is 38.1 Å². The Morgan fingerprint density at radius 3 is 2.38 bits per heavy atom. The minimum absolute atomic E-state index is 0.0323. The molecule has 0 bridgehead atoms. The zero-order valence-electron chi connectivity index (χ0n) is 24.0. The van der Waals surface area contributed by atoms with Crippen molar-refractivity contribution in [2.75, 3.05) is 39.3 Å². The fraction of sp³-hybridized carbons (Fsp3) is 0.643. The van der Waals surface area contributed by atoms with Gasteiger partial charge in [-0.1, -0.05) is 12.1 Å². The number of piperidine rings is 3. The maximum atomic E-state index is 13.2. The Labute approximate surface area is 244 Å². The highest BCUT2D eigenvalue weighted by atomic mass is 32.2. The van der Waals surface area contributed by atoms with Gasteiger partial charge < -0.3 is 10.6 Å². The topological polar surface area (TPSA) is 160 Å². The van der Waals surface area contributed by atoms with Crippen molar-refractivity contribution in [3.05, 3.63) is 34.2 Å². The average molecular weight is 602 g/mol.